The van der Waals surface area contributed by atoms with E-state index in [1.807, 2.05) is 6.07 Å². The summed E-state index contributed by atoms with van der Waals surface area (Å²) in [4.78, 5) is 11.8. The third-order valence-corrected chi connectivity index (χ3v) is 5.37. The topological polar surface area (TPSA) is 98.5 Å². The van der Waals surface area contributed by atoms with E-state index < -0.39 is 15.9 Å². The number of carbonyl (C=O) groups is 1. The minimum absolute atomic E-state index is 0.0776. The van der Waals surface area contributed by atoms with Crippen molar-refractivity contribution in [3.63, 3.8) is 0 Å². The van der Waals surface area contributed by atoms with Gasteiger partial charge in [-0.1, -0.05) is 24.3 Å². The number of carbonyl (C=O) groups excluding carboxylic acids is 1. The summed E-state index contributed by atoms with van der Waals surface area (Å²) in [7, 11) is -3.10. The van der Waals surface area contributed by atoms with Gasteiger partial charge in [-0.05, 0) is 43.2 Å². The highest BCUT2D eigenvalue weighted by Crippen LogP contribution is 2.32. The Morgan fingerprint density at radius 3 is 2.92 bits per heavy atom. The number of ether oxygens (including phenoxy) is 1. The molecule has 0 radical (unpaired) electrons. The molecule has 25 heavy (non-hydrogen) atoms. The molecular weight excluding hydrogens is 340 g/mol. The smallest absolute Gasteiger partial charge is 0.236 e. The first-order valence-electron chi connectivity index (χ1n) is 8.77. The molecule has 0 spiro atoms. The van der Waals surface area contributed by atoms with Gasteiger partial charge >= 0.3 is 0 Å². The fourth-order valence-corrected chi connectivity index (χ4v) is 3.68. The van der Waals surface area contributed by atoms with E-state index in [0.29, 0.717) is 19.6 Å². The molecule has 0 bridgehead atoms. The zero-order valence-corrected chi connectivity index (χ0v) is 15.6. The van der Waals surface area contributed by atoms with E-state index in [1.54, 1.807) is 0 Å². The van der Waals surface area contributed by atoms with E-state index in [2.05, 4.69) is 23.5 Å². The summed E-state index contributed by atoms with van der Waals surface area (Å²) in [5.74, 6) is -0.391. The molecule has 1 amide bonds. The first kappa shape index (κ1) is 19.9. The van der Waals surface area contributed by atoms with Crippen molar-refractivity contribution in [2.75, 3.05) is 25.2 Å². The molecule has 1 aromatic carbocycles. The second kappa shape index (κ2) is 9.31. The van der Waals surface area contributed by atoms with E-state index in [0.717, 1.165) is 25.5 Å². The molecule has 140 valence electrons. The highest BCUT2D eigenvalue weighted by molar-refractivity contribution is 7.90. The van der Waals surface area contributed by atoms with Gasteiger partial charge in [-0.15, -0.1) is 0 Å². The van der Waals surface area contributed by atoms with Crippen LogP contribution in [-0.2, 0) is 25.8 Å². The minimum Gasteiger partial charge on any atom is -0.373 e. The van der Waals surface area contributed by atoms with Crippen LogP contribution in [0.25, 0.3) is 0 Å². The van der Waals surface area contributed by atoms with Crippen LogP contribution < -0.4 is 11.1 Å². The lowest BCUT2D eigenvalue weighted by Crippen LogP contribution is -2.42. The fraction of sp³-hybridized carbons (Fsp3) is 0.611. The van der Waals surface area contributed by atoms with Crippen LogP contribution in [0.5, 0.6) is 0 Å². The molecule has 0 fully saturated rings. The number of hydrogen-bond donors (Lipinski definition) is 2. The quantitative estimate of drug-likeness (QED) is 0.641. The lowest BCUT2D eigenvalue weighted by atomic mass is 9.89. The summed E-state index contributed by atoms with van der Waals surface area (Å²) >= 11 is 0. The lowest BCUT2D eigenvalue weighted by molar-refractivity contribution is -0.122. The van der Waals surface area contributed by atoms with Crippen LogP contribution in [0.15, 0.2) is 24.3 Å². The molecule has 7 heteroatoms. The van der Waals surface area contributed by atoms with Crippen molar-refractivity contribution in [2.24, 2.45) is 5.73 Å². The van der Waals surface area contributed by atoms with Crippen LogP contribution in [0.3, 0.4) is 0 Å². The minimum atomic E-state index is -3.10. The van der Waals surface area contributed by atoms with Crippen molar-refractivity contribution in [3.8, 4) is 0 Å². The highest BCUT2D eigenvalue weighted by atomic mass is 32.2. The van der Waals surface area contributed by atoms with Gasteiger partial charge < -0.3 is 15.8 Å². The first-order chi connectivity index (χ1) is 11.9. The molecule has 3 N–H and O–H groups in total. The molecule has 2 rings (SSSR count). The molecule has 2 unspecified atom stereocenters. The second-order valence-corrected chi connectivity index (χ2v) is 8.88. The molecule has 1 aromatic rings. The molecule has 0 heterocycles. The van der Waals surface area contributed by atoms with Crippen LogP contribution >= 0.6 is 0 Å². The average Bonchev–Trinajstić information content (AvgIpc) is 2.58. The third kappa shape index (κ3) is 6.76. The summed E-state index contributed by atoms with van der Waals surface area (Å²) in [6.07, 6.45) is 5.38. The largest absolute Gasteiger partial charge is 0.373 e. The monoisotopic (exact) mass is 368 g/mol. The Hall–Kier alpha value is -1.44. The Balaban J connectivity index is 1.64. The zero-order chi connectivity index (χ0) is 18.3. The van der Waals surface area contributed by atoms with Gasteiger partial charge in [-0.2, -0.15) is 0 Å². The number of nitrogens with two attached hydrogens (primary N) is 1. The molecule has 0 saturated carbocycles. The molecule has 2 atom stereocenters. The number of rotatable bonds is 9. The van der Waals surface area contributed by atoms with Gasteiger partial charge in [0.25, 0.3) is 0 Å². The number of sulfone groups is 1. The highest BCUT2D eigenvalue weighted by Gasteiger charge is 2.20. The van der Waals surface area contributed by atoms with Gasteiger partial charge in [0.1, 0.15) is 9.84 Å². The Morgan fingerprint density at radius 2 is 2.16 bits per heavy atom. The number of aryl methyl sites for hydroxylation is 1. The number of fused-ring (bicyclic) bond motifs is 1. The Kier molecular flexibility index (Phi) is 7.40. The van der Waals surface area contributed by atoms with Crippen molar-refractivity contribution in [3.05, 3.63) is 35.4 Å². The maximum absolute atomic E-state index is 11.8. The normalized spacial score (nSPS) is 18.4. The number of nitrogens with one attached hydrogen (secondary N) is 1. The summed E-state index contributed by atoms with van der Waals surface area (Å²) in [6, 6.07) is 7.59. The number of hydrogen-bond acceptors (Lipinski definition) is 5. The van der Waals surface area contributed by atoms with Gasteiger partial charge in [0.05, 0.1) is 17.9 Å². The molecule has 0 aromatic heterocycles. The van der Waals surface area contributed by atoms with Crippen LogP contribution in [0.1, 0.15) is 42.9 Å². The molecule has 1 aliphatic carbocycles. The summed E-state index contributed by atoms with van der Waals surface area (Å²) in [5.41, 5.74) is 8.34. The average molecular weight is 368 g/mol. The maximum atomic E-state index is 11.8. The van der Waals surface area contributed by atoms with E-state index >= 15 is 0 Å². The molecular formula is C18H28N2O4S. The fourth-order valence-electron chi connectivity index (χ4n) is 3.00. The Morgan fingerprint density at radius 1 is 1.40 bits per heavy atom. The zero-order valence-electron chi connectivity index (χ0n) is 14.7. The number of benzene rings is 1. The third-order valence-electron chi connectivity index (χ3n) is 4.39. The predicted octanol–water partition coefficient (Wildman–Crippen LogP) is 1.35. The van der Waals surface area contributed by atoms with Gasteiger partial charge in [0.15, 0.2) is 0 Å². The van der Waals surface area contributed by atoms with Gasteiger partial charge in [-0.25, -0.2) is 8.42 Å². The van der Waals surface area contributed by atoms with Crippen LogP contribution in [-0.4, -0.2) is 45.5 Å². The van der Waals surface area contributed by atoms with Crippen LogP contribution in [0.4, 0.5) is 0 Å². The first-order valence-corrected chi connectivity index (χ1v) is 10.8. The predicted molar refractivity (Wildman–Crippen MR) is 98.0 cm³/mol. The van der Waals surface area contributed by atoms with Gasteiger partial charge in [0, 0.05) is 19.4 Å². The molecule has 1 aliphatic rings. The summed E-state index contributed by atoms with van der Waals surface area (Å²) in [6.45, 7) is 1.04. The SMILES string of the molecule is CS(=O)(=O)CCC(N)C(=O)NCCCOC1CCCc2ccccc21. The van der Waals surface area contributed by atoms with Crippen molar-refractivity contribution >= 4 is 15.7 Å². The van der Waals surface area contributed by atoms with Crippen molar-refractivity contribution in [1.29, 1.82) is 0 Å². The molecule has 0 saturated heterocycles. The standard InChI is InChI=1S/C18H28N2O4S/c1-25(22,23)13-10-16(19)18(21)20-11-5-12-24-17-9-4-7-14-6-2-3-8-15(14)17/h2-3,6,8,16-17H,4-5,7,9-13,19H2,1H3,(H,20,21). The van der Waals surface area contributed by atoms with Gasteiger partial charge in [0.2, 0.25) is 5.91 Å². The van der Waals surface area contributed by atoms with E-state index in [1.165, 1.54) is 11.1 Å². The maximum Gasteiger partial charge on any atom is 0.236 e. The van der Waals surface area contributed by atoms with E-state index in [9.17, 15) is 13.2 Å². The van der Waals surface area contributed by atoms with Crippen molar-refractivity contribution in [1.82, 2.24) is 5.32 Å². The summed E-state index contributed by atoms with van der Waals surface area (Å²) < 4.78 is 28.2. The Labute approximate surface area is 150 Å². The van der Waals surface area contributed by atoms with Gasteiger partial charge in [-0.3, -0.25) is 4.79 Å². The van der Waals surface area contributed by atoms with E-state index in [4.69, 9.17) is 10.5 Å². The second-order valence-electron chi connectivity index (χ2n) is 6.62. The molecule has 0 aliphatic heterocycles. The summed E-state index contributed by atoms with van der Waals surface area (Å²) in [5, 5.41) is 2.74. The van der Waals surface area contributed by atoms with Crippen LogP contribution in [0, 0.1) is 0 Å². The van der Waals surface area contributed by atoms with Crippen molar-refractivity contribution < 1.29 is 17.9 Å². The number of amides is 1. The van der Waals surface area contributed by atoms with Crippen LogP contribution in [0.2, 0.25) is 0 Å². The Bertz CT molecular complexity index is 675. The lowest BCUT2D eigenvalue weighted by Gasteiger charge is -2.25. The van der Waals surface area contributed by atoms with Crippen molar-refractivity contribution in [2.45, 2.75) is 44.2 Å². The molecule has 6 nitrogen and oxygen atoms in total. The van der Waals surface area contributed by atoms with E-state index in [-0.39, 0.29) is 24.2 Å².